The van der Waals surface area contributed by atoms with Gasteiger partial charge in [0.05, 0.1) is 4.88 Å². The van der Waals surface area contributed by atoms with Gasteiger partial charge in [-0.15, -0.1) is 11.3 Å². The third-order valence-electron chi connectivity index (χ3n) is 1.93. The van der Waals surface area contributed by atoms with E-state index in [0.717, 1.165) is 14.1 Å². The number of halogens is 1. The third-order valence-corrected chi connectivity index (χ3v) is 3.85. The molecule has 0 amide bonds. The van der Waals surface area contributed by atoms with Crippen LogP contribution in [0, 0.1) is 10.9 Å². The molecule has 0 fully saturated rings. The van der Waals surface area contributed by atoms with Gasteiger partial charge in [-0.3, -0.25) is 0 Å². The number of benzene rings is 1. The second-order valence-electron chi connectivity index (χ2n) is 2.98. The summed E-state index contributed by atoms with van der Waals surface area (Å²) in [5.41, 5.74) is 2.35. The molecule has 0 bridgehead atoms. The Bertz CT molecular complexity index is 496. The molecule has 14 heavy (non-hydrogen) atoms. The number of H-pyrrole nitrogens is 1. The lowest BCUT2D eigenvalue weighted by molar-refractivity contribution is 1.25. The van der Waals surface area contributed by atoms with Crippen LogP contribution in [0.15, 0.2) is 28.7 Å². The molecule has 2 aromatic rings. The van der Waals surface area contributed by atoms with Gasteiger partial charge in [0, 0.05) is 10.2 Å². The van der Waals surface area contributed by atoms with Crippen molar-refractivity contribution < 1.29 is 0 Å². The van der Waals surface area contributed by atoms with Crippen molar-refractivity contribution in [2.45, 2.75) is 6.92 Å². The molecular formula is C10H8BrNS2. The van der Waals surface area contributed by atoms with E-state index in [1.807, 2.05) is 19.1 Å². The molecule has 0 atom stereocenters. The van der Waals surface area contributed by atoms with E-state index in [1.165, 1.54) is 10.4 Å². The van der Waals surface area contributed by atoms with E-state index in [0.29, 0.717) is 0 Å². The van der Waals surface area contributed by atoms with E-state index in [-0.39, 0.29) is 0 Å². The van der Waals surface area contributed by atoms with Crippen molar-refractivity contribution in [3.8, 4) is 10.4 Å². The Labute approximate surface area is 99.9 Å². The second kappa shape index (κ2) is 3.96. The molecule has 0 radical (unpaired) electrons. The first-order valence-electron chi connectivity index (χ1n) is 4.12. The first-order valence-corrected chi connectivity index (χ1v) is 6.14. The van der Waals surface area contributed by atoms with Crippen molar-refractivity contribution in [2.75, 3.05) is 0 Å². The zero-order chi connectivity index (χ0) is 10.1. The molecule has 0 aliphatic carbocycles. The summed E-state index contributed by atoms with van der Waals surface area (Å²) in [6.07, 6.45) is 0. The summed E-state index contributed by atoms with van der Waals surface area (Å²) in [5.74, 6) is 0. The van der Waals surface area contributed by atoms with Gasteiger partial charge < -0.3 is 4.98 Å². The standard InChI is InChI=1S/C10H8BrNS2/c1-6-9(14-10(13)12-6)7-2-4-8(11)5-3-7/h2-5H,1H3,(H,12,13). The summed E-state index contributed by atoms with van der Waals surface area (Å²) in [7, 11) is 0. The zero-order valence-electron chi connectivity index (χ0n) is 7.50. The Morgan fingerprint density at radius 3 is 2.43 bits per heavy atom. The van der Waals surface area contributed by atoms with Crippen LogP contribution in [-0.2, 0) is 0 Å². The first kappa shape index (κ1) is 10.1. The summed E-state index contributed by atoms with van der Waals surface area (Å²) in [6, 6.07) is 8.26. The lowest BCUT2D eigenvalue weighted by atomic mass is 10.2. The predicted octanol–water partition coefficient (Wildman–Crippen LogP) is 4.54. The van der Waals surface area contributed by atoms with Crippen LogP contribution in [-0.4, -0.2) is 4.98 Å². The van der Waals surface area contributed by atoms with E-state index in [2.05, 4.69) is 33.0 Å². The molecule has 1 heterocycles. The largest absolute Gasteiger partial charge is 0.341 e. The van der Waals surface area contributed by atoms with Gasteiger partial charge in [-0.25, -0.2) is 0 Å². The van der Waals surface area contributed by atoms with E-state index >= 15 is 0 Å². The number of thiazole rings is 1. The van der Waals surface area contributed by atoms with Gasteiger partial charge in [-0.05, 0) is 36.8 Å². The molecule has 0 unspecified atom stereocenters. The average Bonchev–Trinajstić information content (AvgIpc) is 2.47. The summed E-state index contributed by atoms with van der Waals surface area (Å²) in [6.45, 7) is 2.05. The van der Waals surface area contributed by atoms with Gasteiger partial charge in [0.2, 0.25) is 0 Å². The van der Waals surface area contributed by atoms with Crippen molar-refractivity contribution in [2.24, 2.45) is 0 Å². The number of aromatic amines is 1. The highest BCUT2D eigenvalue weighted by Crippen LogP contribution is 2.28. The molecule has 0 saturated carbocycles. The van der Waals surface area contributed by atoms with Crippen molar-refractivity contribution in [3.63, 3.8) is 0 Å². The maximum Gasteiger partial charge on any atom is 0.159 e. The van der Waals surface area contributed by atoms with E-state index < -0.39 is 0 Å². The van der Waals surface area contributed by atoms with E-state index in [1.54, 1.807) is 11.3 Å². The topological polar surface area (TPSA) is 15.8 Å². The SMILES string of the molecule is Cc1[nH]c(=S)sc1-c1ccc(Br)cc1. The van der Waals surface area contributed by atoms with Gasteiger partial charge in [-0.2, -0.15) is 0 Å². The third kappa shape index (κ3) is 1.97. The van der Waals surface area contributed by atoms with Crippen LogP contribution in [0.2, 0.25) is 0 Å². The summed E-state index contributed by atoms with van der Waals surface area (Å²) in [5, 5.41) is 0. The number of nitrogens with one attached hydrogen (secondary N) is 1. The van der Waals surface area contributed by atoms with Crippen molar-refractivity contribution in [1.29, 1.82) is 0 Å². The predicted molar refractivity (Wildman–Crippen MR) is 67.4 cm³/mol. The first-order chi connectivity index (χ1) is 6.66. The molecular weight excluding hydrogens is 278 g/mol. The van der Waals surface area contributed by atoms with Crippen LogP contribution in [0.5, 0.6) is 0 Å². The fourth-order valence-corrected chi connectivity index (χ4v) is 2.80. The Morgan fingerprint density at radius 1 is 1.29 bits per heavy atom. The molecule has 0 aliphatic rings. The molecule has 0 spiro atoms. The summed E-state index contributed by atoms with van der Waals surface area (Å²) < 4.78 is 1.93. The van der Waals surface area contributed by atoms with Crippen LogP contribution < -0.4 is 0 Å². The van der Waals surface area contributed by atoms with Crippen LogP contribution in [0.25, 0.3) is 10.4 Å². The lowest BCUT2D eigenvalue weighted by Gasteiger charge is -1.98. The molecule has 1 nitrogen and oxygen atoms in total. The quantitative estimate of drug-likeness (QED) is 0.761. The van der Waals surface area contributed by atoms with Gasteiger partial charge in [-0.1, -0.05) is 28.1 Å². The molecule has 4 heteroatoms. The fourth-order valence-electron chi connectivity index (χ4n) is 1.28. The molecule has 0 saturated heterocycles. The van der Waals surface area contributed by atoms with Gasteiger partial charge in [0.15, 0.2) is 3.95 Å². The Hall–Kier alpha value is -0.450. The number of hydrogen-bond acceptors (Lipinski definition) is 2. The number of aromatic nitrogens is 1. The maximum atomic E-state index is 5.10. The lowest BCUT2D eigenvalue weighted by Crippen LogP contribution is -1.76. The number of aryl methyl sites for hydroxylation is 1. The highest BCUT2D eigenvalue weighted by Gasteiger charge is 2.04. The second-order valence-corrected chi connectivity index (χ2v) is 5.58. The molecule has 72 valence electrons. The number of rotatable bonds is 1. The highest BCUT2D eigenvalue weighted by molar-refractivity contribution is 9.10. The minimum absolute atomic E-state index is 0.834. The van der Waals surface area contributed by atoms with E-state index in [4.69, 9.17) is 12.2 Å². The Morgan fingerprint density at radius 2 is 1.93 bits per heavy atom. The summed E-state index contributed by atoms with van der Waals surface area (Å²) in [4.78, 5) is 4.37. The van der Waals surface area contributed by atoms with Crippen molar-refractivity contribution >= 4 is 39.5 Å². The summed E-state index contributed by atoms with van der Waals surface area (Å²) >= 11 is 10.1. The van der Waals surface area contributed by atoms with Crippen LogP contribution in [0.3, 0.4) is 0 Å². The normalized spacial score (nSPS) is 10.4. The van der Waals surface area contributed by atoms with Crippen LogP contribution in [0.4, 0.5) is 0 Å². The molecule has 2 rings (SSSR count). The Kier molecular flexibility index (Phi) is 2.85. The average molecular weight is 286 g/mol. The molecule has 1 aromatic heterocycles. The fraction of sp³-hybridized carbons (Fsp3) is 0.100. The minimum Gasteiger partial charge on any atom is -0.341 e. The molecule has 1 N–H and O–H groups in total. The van der Waals surface area contributed by atoms with Crippen molar-refractivity contribution in [3.05, 3.63) is 38.4 Å². The molecule has 1 aromatic carbocycles. The van der Waals surface area contributed by atoms with Crippen molar-refractivity contribution in [1.82, 2.24) is 4.98 Å². The van der Waals surface area contributed by atoms with Gasteiger partial charge in [0.25, 0.3) is 0 Å². The monoisotopic (exact) mass is 285 g/mol. The Balaban J connectivity index is 2.54. The zero-order valence-corrected chi connectivity index (χ0v) is 10.7. The van der Waals surface area contributed by atoms with Crippen LogP contribution in [0.1, 0.15) is 5.69 Å². The highest BCUT2D eigenvalue weighted by atomic mass is 79.9. The van der Waals surface area contributed by atoms with Crippen LogP contribution >= 0.6 is 39.5 Å². The number of hydrogen-bond donors (Lipinski definition) is 1. The minimum atomic E-state index is 0.834. The smallest absolute Gasteiger partial charge is 0.159 e. The molecule has 0 aliphatic heterocycles. The van der Waals surface area contributed by atoms with Gasteiger partial charge >= 0.3 is 0 Å². The maximum absolute atomic E-state index is 5.10. The van der Waals surface area contributed by atoms with E-state index in [9.17, 15) is 0 Å². The van der Waals surface area contributed by atoms with Gasteiger partial charge in [0.1, 0.15) is 0 Å².